The molecule has 0 atom stereocenters. The van der Waals surface area contributed by atoms with Crippen molar-refractivity contribution in [1.82, 2.24) is 30.4 Å². The van der Waals surface area contributed by atoms with Gasteiger partial charge in [0.05, 0.1) is 23.4 Å². The molecular formula is C30H25F2N7O4. The van der Waals surface area contributed by atoms with Gasteiger partial charge in [-0.3, -0.25) is 14.6 Å². The summed E-state index contributed by atoms with van der Waals surface area (Å²) in [4.78, 5) is 35.1. The third-order valence-corrected chi connectivity index (χ3v) is 7.02. The Morgan fingerprint density at radius 3 is 2.60 bits per heavy atom. The molecule has 1 aromatic carbocycles. The molecule has 43 heavy (non-hydrogen) atoms. The fraction of sp³-hybridized carbons (Fsp3) is 0.200. The number of hydrogen-bond acceptors (Lipinski definition) is 9. The first kappa shape index (κ1) is 27.7. The molecule has 0 unspecified atom stereocenters. The van der Waals surface area contributed by atoms with Crippen molar-refractivity contribution in [3.8, 4) is 22.7 Å². The number of nitrogens with zero attached hydrogens (tertiary/aromatic N) is 5. The van der Waals surface area contributed by atoms with Gasteiger partial charge < -0.3 is 24.8 Å². The first-order valence-electron chi connectivity index (χ1n) is 13.4. The molecule has 1 saturated heterocycles. The van der Waals surface area contributed by atoms with E-state index >= 15 is 0 Å². The number of benzene rings is 1. The van der Waals surface area contributed by atoms with Crippen LogP contribution in [0.25, 0.3) is 39.8 Å². The number of carbonyl (C=O) groups excluding carboxylic acids is 2. The molecule has 5 aromatic rings. The standard InChI is InChI=1S/C30H25F2N7O4/c31-30(32)7-9-39(10-8-30)29(41)19-3-4-24(34-15-19)20-11-21-12-22(43-27(21)23(13-20)28-38-37-17-42-28)16-36-26(40)6-2-18-1-5-25(33)35-14-18/h1-6,11-15,17H,7-10,16H2,(H2,33,35)(H,36,40)/b6-2+. The van der Waals surface area contributed by atoms with Gasteiger partial charge >= 0.3 is 0 Å². The van der Waals surface area contributed by atoms with Crippen molar-refractivity contribution in [3.05, 3.63) is 84.2 Å². The molecule has 0 bridgehead atoms. The van der Waals surface area contributed by atoms with E-state index in [0.717, 1.165) is 5.56 Å². The highest BCUT2D eigenvalue weighted by Crippen LogP contribution is 2.35. The van der Waals surface area contributed by atoms with Crippen LogP contribution in [0, 0.1) is 0 Å². The van der Waals surface area contributed by atoms with Crippen molar-refractivity contribution < 1.29 is 27.2 Å². The lowest BCUT2D eigenvalue weighted by molar-refractivity contribution is -0.116. The van der Waals surface area contributed by atoms with E-state index in [1.54, 1.807) is 48.7 Å². The van der Waals surface area contributed by atoms with E-state index in [-0.39, 0.29) is 50.2 Å². The Hall–Kier alpha value is -5.46. The van der Waals surface area contributed by atoms with Gasteiger partial charge in [-0.1, -0.05) is 0 Å². The van der Waals surface area contributed by atoms with Gasteiger partial charge in [0.1, 0.15) is 17.2 Å². The van der Waals surface area contributed by atoms with E-state index in [1.807, 2.05) is 6.07 Å². The van der Waals surface area contributed by atoms with Crippen LogP contribution in [0.4, 0.5) is 14.6 Å². The zero-order valence-electron chi connectivity index (χ0n) is 22.7. The summed E-state index contributed by atoms with van der Waals surface area (Å²) in [6.07, 6.45) is 6.51. The molecule has 5 heterocycles. The number of anilines is 1. The van der Waals surface area contributed by atoms with E-state index in [4.69, 9.17) is 14.6 Å². The number of hydrogen-bond donors (Lipinski definition) is 2. The lowest BCUT2D eigenvalue weighted by atomic mass is 10.0. The lowest BCUT2D eigenvalue weighted by Gasteiger charge is -2.31. The molecule has 4 aromatic heterocycles. The van der Waals surface area contributed by atoms with Crippen LogP contribution in [0.3, 0.4) is 0 Å². The molecule has 0 saturated carbocycles. The molecule has 0 radical (unpaired) electrons. The minimum atomic E-state index is -2.74. The van der Waals surface area contributed by atoms with Gasteiger partial charge in [0.15, 0.2) is 0 Å². The molecule has 3 N–H and O–H groups in total. The number of likely N-dealkylation sites (tertiary alicyclic amines) is 1. The molecule has 0 aliphatic carbocycles. The zero-order chi connectivity index (χ0) is 30.0. The highest BCUT2D eigenvalue weighted by Gasteiger charge is 2.35. The number of nitrogens with one attached hydrogen (secondary N) is 1. The number of pyridine rings is 2. The predicted molar refractivity (Wildman–Crippen MR) is 152 cm³/mol. The van der Waals surface area contributed by atoms with Crippen LogP contribution in [0.2, 0.25) is 0 Å². The predicted octanol–water partition coefficient (Wildman–Crippen LogP) is 4.72. The Morgan fingerprint density at radius 2 is 1.91 bits per heavy atom. The number of halogens is 2. The third kappa shape index (κ3) is 6.25. The summed E-state index contributed by atoms with van der Waals surface area (Å²) in [5.41, 5.74) is 8.88. The summed E-state index contributed by atoms with van der Waals surface area (Å²) < 4.78 is 38.5. The van der Waals surface area contributed by atoms with Crippen LogP contribution in [0.15, 0.2) is 76.2 Å². The van der Waals surface area contributed by atoms with Crippen LogP contribution >= 0.6 is 0 Å². The number of piperidine rings is 1. The first-order chi connectivity index (χ1) is 20.7. The number of furan rings is 1. The maximum Gasteiger partial charge on any atom is 0.255 e. The topological polar surface area (TPSA) is 153 Å². The van der Waals surface area contributed by atoms with Crippen molar-refractivity contribution >= 4 is 34.7 Å². The molecule has 11 nitrogen and oxygen atoms in total. The number of nitrogen functional groups attached to an aromatic ring is 1. The smallest absolute Gasteiger partial charge is 0.255 e. The van der Waals surface area contributed by atoms with E-state index in [2.05, 4.69) is 25.5 Å². The third-order valence-electron chi connectivity index (χ3n) is 7.02. The summed E-state index contributed by atoms with van der Waals surface area (Å²) in [5.74, 6) is -2.29. The Balaban J connectivity index is 1.21. The van der Waals surface area contributed by atoms with Crippen molar-refractivity contribution in [2.45, 2.75) is 25.3 Å². The molecule has 1 aliphatic heterocycles. The Bertz CT molecular complexity index is 1790. The number of aromatic nitrogens is 4. The number of fused-ring (bicyclic) bond motifs is 1. The van der Waals surface area contributed by atoms with Gasteiger partial charge in [-0.05, 0) is 54.1 Å². The average molecular weight is 586 g/mol. The van der Waals surface area contributed by atoms with E-state index in [0.29, 0.717) is 44.9 Å². The van der Waals surface area contributed by atoms with Gasteiger partial charge in [-0.2, -0.15) is 0 Å². The van der Waals surface area contributed by atoms with Crippen LogP contribution < -0.4 is 11.1 Å². The van der Waals surface area contributed by atoms with Gasteiger partial charge in [-0.25, -0.2) is 13.8 Å². The Kier molecular flexibility index (Phi) is 7.36. The number of rotatable bonds is 7. The summed E-state index contributed by atoms with van der Waals surface area (Å²) in [6, 6.07) is 12.1. The molecule has 13 heteroatoms. The highest BCUT2D eigenvalue weighted by atomic mass is 19.3. The Morgan fingerprint density at radius 1 is 1.07 bits per heavy atom. The monoisotopic (exact) mass is 585 g/mol. The second-order valence-electron chi connectivity index (χ2n) is 10.0. The SMILES string of the molecule is Nc1ccc(/C=C/C(=O)NCc2cc3cc(-c4ccc(C(=O)N5CCC(F)(F)CC5)cn4)cc(-c4nnco4)c3o2)cn1. The zero-order valence-corrected chi connectivity index (χ0v) is 22.7. The van der Waals surface area contributed by atoms with Crippen LogP contribution in [0.1, 0.15) is 34.5 Å². The van der Waals surface area contributed by atoms with Crippen molar-refractivity contribution in [3.63, 3.8) is 0 Å². The maximum absolute atomic E-state index is 13.5. The molecule has 6 rings (SSSR count). The molecule has 2 amide bonds. The summed E-state index contributed by atoms with van der Waals surface area (Å²) in [5, 5.41) is 11.3. The largest absolute Gasteiger partial charge is 0.458 e. The van der Waals surface area contributed by atoms with Gasteiger partial charge in [-0.15, -0.1) is 10.2 Å². The quantitative estimate of drug-likeness (QED) is 0.258. The molecule has 0 spiro atoms. The molecular weight excluding hydrogens is 560 g/mol. The first-order valence-corrected chi connectivity index (χ1v) is 13.4. The van der Waals surface area contributed by atoms with Gasteiger partial charge in [0.25, 0.3) is 17.7 Å². The molecule has 1 aliphatic rings. The number of nitrogens with two attached hydrogens (primary N) is 1. The lowest BCUT2D eigenvalue weighted by Crippen LogP contribution is -2.42. The molecule has 218 valence electrons. The van der Waals surface area contributed by atoms with E-state index in [9.17, 15) is 18.4 Å². The van der Waals surface area contributed by atoms with Gasteiger partial charge in [0, 0.05) is 55.4 Å². The maximum atomic E-state index is 13.5. The second kappa shape index (κ2) is 11.4. The van der Waals surface area contributed by atoms with Crippen LogP contribution in [-0.2, 0) is 11.3 Å². The van der Waals surface area contributed by atoms with Crippen molar-refractivity contribution in [1.29, 1.82) is 0 Å². The van der Waals surface area contributed by atoms with E-state index in [1.165, 1.54) is 23.6 Å². The fourth-order valence-electron chi connectivity index (χ4n) is 4.72. The van der Waals surface area contributed by atoms with E-state index < -0.39 is 5.92 Å². The fourth-order valence-corrected chi connectivity index (χ4v) is 4.72. The summed E-state index contributed by atoms with van der Waals surface area (Å²) >= 11 is 0. The number of amides is 2. The normalized spacial score (nSPS) is 14.8. The number of carbonyl (C=O) groups is 2. The van der Waals surface area contributed by atoms with Crippen molar-refractivity contribution in [2.24, 2.45) is 0 Å². The average Bonchev–Trinajstić information content (AvgIpc) is 3.69. The highest BCUT2D eigenvalue weighted by molar-refractivity contribution is 5.96. The van der Waals surface area contributed by atoms with Crippen LogP contribution in [0.5, 0.6) is 0 Å². The molecule has 1 fully saturated rings. The van der Waals surface area contributed by atoms with Crippen molar-refractivity contribution in [2.75, 3.05) is 18.8 Å². The summed E-state index contributed by atoms with van der Waals surface area (Å²) in [7, 11) is 0. The number of alkyl halides is 2. The second-order valence-corrected chi connectivity index (χ2v) is 10.0. The minimum absolute atomic E-state index is 0.00256. The Labute approximate surface area is 243 Å². The summed E-state index contributed by atoms with van der Waals surface area (Å²) in [6.45, 7) is 0.114. The van der Waals surface area contributed by atoms with Gasteiger partial charge in [0.2, 0.25) is 12.3 Å². The van der Waals surface area contributed by atoms with Crippen LogP contribution in [-0.4, -0.2) is 55.9 Å². The minimum Gasteiger partial charge on any atom is -0.458 e.